The third kappa shape index (κ3) is 2.84. The molecule has 0 bridgehead atoms. The molecule has 1 aliphatic heterocycles. The van der Waals surface area contributed by atoms with Gasteiger partial charge in [-0.2, -0.15) is 0 Å². The van der Waals surface area contributed by atoms with Crippen LogP contribution in [0.5, 0.6) is 0 Å². The lowest BCUT2D eigenvalue weighted by Crippen LogP contribution is -2.32. The Labute approximate surface area is 75.1 Å². The molecule has 0 atom stereocenters. The van der Waals surface area contributed by atoms with E-state index in [1.807, 2.05) is 0 Å². The monoisotopic (exact) mass is 166 g/mol. The van der Waals surface area contributed by atoms with Crippen molar-refractivity contribution >= 4 is 0 Å². The molecule has 0 radical (unpaired) electrons. The van der Waals surface area contributed by atoms with E-state index in [-0.39, 0.29) is 0 Å². The van der Waals surface area contributed by atoms with E-state index in [1.54, 1.807) is 0 Å². The summed E-state index contributed by atoms with van der Waals surface area (Å²) in [5, 5.41) is 0. The highest BCUT2D eigenvalue weighted by Crippen LogP contribution is 2.15. The molecule has 2 heteroatoms. The van der Waals surface area contributed by atoms with Crippen molar-refractivity contribution in [1.29, 1.82) is 0 Å². The van der Waals surface area contributed by atoms with Crippen LogP contribution >= 0.6 is 0 Å². The van der Waals surface area contributed by atoms with Crippen LogP contribution in [0.4, 0.5) is 0 Å². The van der Waals surface area contributed by atoms with Crippen molar-refractivity contribution in [1.82, 2.24) is 4.90 Å². The van der Waals surface area contributed by atoms with Gasteiger partial charge in [0, 0.05) is 5.92 Å². The van der Waals surface area contributed by atoms with Gasteiger partial charge in [0.1, 0.15) is 0 Å². The summed E-state index contributed by atoms with van der Waals surface area (Å²) in [6, 6.07) is 0. The third-order valence-electron chi connectivity index (χ3n) is 2.44. The summed E-state index contributed by atoms with van der Waals surface area (Å²) in [7, 11) is 0. The fourth-order valence-electron chi connectivity index (χ4n) is 1.60. The molecule has 0 aliphatic carbocycles. The van der Waals surface area contributed by atoms with Crippen LogP contribution in [0.15, 0.2) is 0 Å². The highest BCUT2D eigenvalue weighted by molar-refractivity contribution is 5.05. The number of hydrogen-bond acceptors (Lipinski definition) is 2. The van der Waals surface area contributed by atoms with Crippen LogP contribution in [-0.2, 0) is 0 Å². The van der Waals surface area contributed by atoms with Crippen LogP contribution in [-0.4, -0.2) is 31.1 Å². The predicted molar refractivity (Wildman–Crippen MR) is 51.7 cm³/mol. The third-order valence-corrected chi connectivity index (χ3v) is 2.44. The molecule has 1 fully saturated rings. The Morgan fingerprint density at radius 1 is 1.42 bits per heavy atom. The smallest absolute Gasteiger partial charge is 0.0551 e. The summed E-state index contributed by atoms with van der Waals surface area (Å²) in [6.45, 7) is 6.32. The standard InChI is InChI=1S/C10H18N2/c1-2-12-8-5-10(6-9-12)4-3-7-11/h10H,2,5-9,11H2,1H3. The Morgan fingerprint density at radius 2 is 2.08 bits per heavy atom. The minimum Gasteiger partial charge on any atom is -0.320 e. The molecule has 0 unspecified atom stereocenters. The SMILES string of the molecule is CCN1CCC(C#CCN)CC1. The van der Waals surface area contributed by atoms with Gasteiger partial charge >= 0.3 is 0 Å². The second kappa shape index (κ2) is 5.18. The van der Waals surface area contributed by atoms with E-state index in [4.69, 9.17) is 5.73 Å². The lowest BCUT2D eigenvalue weighted by molar-refractivity contribution is 0.216. The maximum absolute atomic E-state index is 5.32. The van der Waals surface area contributed by atoms with Gasteiger partial charge in [0.05, 0.1) is 6.54 Å². The topological polar surface area (TPSA) is 29.3 Å². The zero-order valence-electron chi connectivity index (χ0n) is 7.84. The van der Waals surface area contributed by atoms with Crippen molar-refractivity contribution in [3.63, 3.8) is 0 Å². The summed E-state index contributed by atoms with van der Waals surface area (Å²) in [4.78, 5) is 2.47. The van der Waals surface area contributed by atoms with Crippen molar-refractivity contribution in [2.75, 3.05) is 26.2 Å². The molecule has 1 saturated heterocycles. The highest BCUT2D eigenvalue weighted by Gasteiger charge is 2.15. The van der Waals surface area contributed by atoms with E-state index >= 15 is 0 Å². The molecule has 0 amide bonds. The van der Waals surface area contributed by atoms with Crippen molar-refractivity contribution in [2.24, 2.45) is 11.7 Å². The van der Waals surface area contributed by atoms with Gasteiger partial charge in [-0.25, -0.2) is 0 Å². The van der Waals surface area contributed by atoms with Gasteiger partial charge in [-0.05, 0) is 32.5 Å². The summed E-state index contributed by atoms with van der Waals surface area (Å²) in [6.07, 6.45) is 2.45. The normalized spacial score (nSPS) is 20.2. The van der Waals surface area contributed by atoms with Gasteiger partial charge in [-0.3, -0.25) is 0 Å². The van der Waals surface area contributed by atoms with E-state index in [0.29, 0.717) is 12.5 Å². The quantitative estimate of drug-likeness (QED) is 0.580. The minimum atomic E-state index is 0.508. The number of likely N-dealkylation sites (tertiary alicyclic amines) is 1. The van der Waals surface area contributed by atoms with E-state index in [9.17, 15) is 0 Å². The molecule has 0 spiro atoms. The van der Waals surface area contributed by atoms with Crippen molar-refractivity contribution in [3.8, 4) is 11.8 Å². The summed E-state index contributed by atoms with van der Waals surface area (Å²) in [5.41, 5.74) is 5.32. The maximum Gasteiger partial charge on any atom is 0.0551 e. The Morgan fingerprint density at radius 3 is 2.58 bits per heavy atom. The van der Waals surface area contributed by atoms with Crippen molar-refractivity contribution in [2.45, 2.75) is 19.8 Å². The summed E-state index contributed by atoms with van der Waals surface area (Å²) < 4.78 is 0. The Hall–Kier alpha value is -0.520. The molecule has 68 valence electrons. The second-order valence-electron chi connectivity index (χ2n) is 3.23. The second-order valence-corrected chi connectivity index (χ2v) is 3.23. The summed E-state index contributed by atoms with van der Waals surface area (Å²) >= 11 is 0. The van der Waals surface area contributed by atoms with E-state index in [2.05, 4.69) is 23.7 Å². The Balaban J connectivity index is 2.26. The molecule has 0 aromatic rings. The zero-order valence-corrected chi connectivity index (χ0v) is 7.84. The van der Waals surface area contributed by atoms with Crippen LogP contribution in [0, 0.1) is 17.8 Å². The molecular formula is C10H18N2. The van der Waals surface area contributed by atoms with E-state index in [0.717, 1.165) is 0 Å². The van der Waals surface area contributed by atoms with Gasteiger partial charge in [0.2, 0.25) is 0 Å². The first-order valence-corrected chi connectivity index (χ1v) is 4.77. The molecular weight excluding hydrogens is 148 g/mol. The fraction of sp³-hybridized carbons (Fsp3) is 0.800. The van der Waals surface area contributed by atoms with Gasteiger partial charge in [-0.1, -0.05) is 18.8 Å². The molecule has 1 heterocycles. The minimum absolute atomic E-state index is 0.508. The fourth-order valence-corrected chi connectivity index (χ4v) is 1.60. The molecule has 1 aliphatic rings. The maximum atomic E-state index is 5.32. The number of nitrogens with zero attached hydrogens (tertiary/aromatic N) is 1. The first-order chi connectivity index (χ1) is 5.86. The van der Waals surface area contributed by atoms with Gasteiger partial charge in [0.25, 0.3) is 0 Å². The predicted octanol–water partition coefficient (Wildman–Crippen LogP) is 0.680. The molecule has 0 aromatic carbocycles. The molecule has 2 nitrogen and oxygen atoms in total. The van der Waals surface area contributed by atoms with Gasteiger partial charge in [0.15, 0.2) is 0 Å². The molecule has 1 rings (SSSR count). The first-order valence-electron chi connectivity index (χ1n) is 4.77. The molecule has 0 saturated carbocycles. The molecule has 0 aromatic heterocycles. The first kappa shape index (κ1) is 9.57. The van der Waals surface area contributed by atoms with Crippen LogP contribution in [0.25, 0.3) is 0 Å². The molecule has 2 N–H and O–H groups in total. The average Bonchev–Trinajstić information content (AvgIpc) is 2.15. The average molecular weight is 166 g/mol. The number of piperidine rings is 1. The molecule has 12 heavy (non-hydrogen) atoms. The van der Waals surface area contributed by atoms with Crippen LogP contribution < -0.4 is 5.73 Å². The number of rotatable bonds is 1. The van der Waals surface area contributed by atoms with Crippen LogP contribution in [0.1, 0.15) is 19.8 Å². The van der Waals surface area contributed by atoms with Crippen molar-refractivity contribution in [3.05, 3.63) is 0 Å². The van der Waals surface area contributed by atoms with E-state index in [1.165, 1.54) is 32.5 Å². The Bertz CT molecular complexity index is 170. The largest absolute Gasteiger partial charge is 0.320 e. The highest BCUT2D eigenvalue weighted by atomic mass is 15.1. The summed E-state index contributed by atoms with van der Waals surface area (Å²) in [5.74, 6) is 6.78. The van der Waals surface area contributed by atoms with Crippen molar-refractivity contribution < 1.29 is 0 Å². The van der Waals surface area contributed by atoms with E-state index < -0.39 is 0 Å². The van der Waals surface area contributed by atoms with Crippen LogP contribution in [0.2, 0.25) is 0 Å². The van der Waals surface area contributed by atoms with Gasteiger partial charge < -0.3 is 10.6 Å². The van der Waals surface area contributed by atoms with Gasteiger partial charge in [-0.15, -0.1) is 0 Å². The van der Waals surface area contributed by atoms with Crippen LogP contribution in [0.3, 0.4) is 0 Å². The number of hydrogen-bond donors (Lipinski definition) is 1. The zero-order chi connectivity index (χ0) is 8.81. The lowest BCUT2D eigenvalue weighted by Gasteiger charge is -2.28. The Kier molecular flexibility index (Phi) is 4.13. The lowest BCUT2D eigenvalue weighted by atomic mass is 9.97. The number of nitrogens with two attached hydrogens (primary N) is 1.